The number of nitrogens with one attached hydrogen (secondary N) is 1. The second-order valence-electron chi connectivity index (χ2n) is 6.76. The number of hydrogen-bond acceptors (Lipinski definition) is 5. The summed E-state index contributed by atoms with van der Waals surface area (Å²) >= 11 is 0. The first-order valence-electron chi connectivity index (χ1n) is 9.22. The van der Waals surface area contributed by atoms with Crippen LogP contribution in [0.25, 0.3) is 11.0 Å². The first kappa shape index (κ1) is 17.6. The third kappa shape index (κ3) is 3.30. The van der Waals surface area contributed by atoms with Crippen molar-refractivity contribution in [1.82, 2.24) is 5.32 Å². The van der Waals surface area contributed by atoms with Crippen LogP contribution in [-0.4, -0.2) is 26.2 Å². The van der Waals surface area contributed by atoms with E-state index in [9.17, 15) is 4.79 Å². The number of benzene rings is 2. The van der Waals surface area contributed by atoms with Crippen LogP contribution >= 0.6 is 0 Å². The van der Waals surface area contributed by atoms with E-state index in [-0.39, 0.29) is 23.8 Å². The molecule has 0 unspecified atom stereocenters. The van der Waals surface area contributed by atoms with E-state index in [4.69, 9.17) is 13.9 Å². The van der Waals surface area contributed by atoms with Gasteiger partial charge in [0.2, 0.25) is 0 Å². The highest BCUT2D eigenvalue weighted by atomic mass is 16.5. The molecule has 5 heteroatoms. The van der Waals surface area contributed by atoms with Crippen LogP contribution in [0.4, 0.5) is 0 Å². The Morgan fingerprint density at radius 1 is 1.15 bits per heavy atom. The van der Waals surface area contributed by atoms with Gasteiger partial charge in [0.15, 0.2) is 0 Å². The van der Waals surface area contributed by atoms with Crippen molar-refractivity contribution in [3.05, 3.63) is 65.9 Å². The van der Waals surface area contributed by atoms with Crippen LogP contribution in [0, 0.1) is 5.92 Å². The molecule has 1 fully saturated rings. The topological polar surface area (TPSA) is 60.7 Å². The number of furan rings is 1. The van der Waals surface area contributed by atoms with E-state index >= 15 is 0 Å². The summed E-state index contributed by atoms with van der Waals surface area (Å²) in [6.07, 6.45) is 1.68. The van der Waals surface area contributed by atoms with Crippen LogP contribution in [0.2, 0.25) is 0 Å². The number of ether oxygens (including phenoxy) is 2. The minimum atomic E-state index is -0.300. The first-order chi connectivity index (χ1) is 13.2. The zero-order valence-electron chi connectivity index (χ0n) is 15.5. The Morgan fingerprint density at radius 3 is 2.67 bits per heavy atom. The first-order valence-corrected chi connectivity index (χ1v) is 9.22. The summed E-state index contributed by atoms with van der Waals surface area (Å²) in [5.74, 6) is 0.341. The molecule has 4 rings (SSSR count). The van der Waals surface area contributed by atoms with E-state index in [1.807, 2.05) is 49.4 Å². The van der Waals surface area contributed by atoms with Crippen LogP contribution in [0.3, 0.4) is 0 Å². The number of fused-ring (bicyclic) bond motifs is 1. The number of hydrogen-bond donors (Lipinski definition) is 1. The maximum absolute atomic E-state index is 12.8. The molecule has 2 heterocycles. The van der Waals surface area contributed by atoms with E-state index < -0.39 is 0 Å². The van der Waals surface area contributed by atoms with Gasteiger partial charge in [0.1, 0.15) is 11.3 Å². The molecule has 0 saturated carbocycles. The van der Waals surface area contributed by atoms with Gasteiger partial charge in [-0.1, -0.05) is 24.3 Å². The van der Waals surface area contributed by atoms with Gasteiger partial charge in [-0.25, -0.2) is 0 Å². The van der Waals surface area contributed by atoms with Gasteiger partial charge >= 0.3 is 5.97 Å². The van der Waals surface area contributed by atoms with E-state index in [0.717, 1.165) is 27.8 Å². The fourth-order valence-electron chi connectivity index (χ4n) is 3.94. The van der Waals surface area contributed by atoms with Crippen LogP contribution in [0.15, 0.2) is 59.2 Å². The number of esters is 1. The Kier molecular flexibility index (Phi) is 4.86. The van der Waals surface area contributed by atoms with Crippen molar-refractivity contribution in [2.24, 2.45) is 5.92 Å². The summed E-state index contributed by atoms with van der Waals surface area (Å²) in [6, 6.07) is 15.8. The molecule has 1 aliphatic heterocycles. The van der Waals surface area contributed by atoms with Gasteiger partial charge in [0, 0.05) is 23.9 Å². The Morgan fingerprint density at radius 2 is 1.93 bits per heavy atom. The highest BCUT2D eigenvalue weighted by Crippen LogP contribution is 2.41. The van der Waals surface area contributed by atoms with Gasteiger partial charge in [-0.15, -0.1) is 0 Å². The molecule has 27 heavy (non-hydrogen) atoms. The SMILES string of the molecule is CCOC(=O)[C@H]1[C@@H](c2ccc3ccoc3c2)CN[C@H]1c1ccc(OC)cc1. The van der Waals surface area contributed by atoms with Crippen molar-refractivity contribution in [2.75, 3.05) is 20.3 Å². The summed E-state index contributed by atoms with van der Waals surface area (Å²) in [4.78, 5) is 12.8. The summed E-state index contributed by atoms with van der Waals surface area (Å²) in [5.41, 5.74) is 2.97. The Labute approximate surface area is 158 Å². The lowest BCUT2D eigenvalue weighted by Crippen LogP contribution is -2.27. The molecule has 3 aromatic rings. The predicted octanol–water partition coefficient (Wildman–Crippen LogP) is 4.05. The standard InChI is InChI=1S/C22H23NO4/c1-3-26-22(24)20-18(16-5-4-14-10-11-27-19(14)12-16)13-23-21(20)15-6-8-17(25-2)9-7-15/h4-12,18,20-21,23H,3,13H2,1-2H3/t18-,20+,21+/m1/s1. The van der Waals surface area contributed by atoms with E-state index in [0.29, 0.717) is 13.2 Å². The molecule has 0 bridgehead atoms. The fourth-order valence-corrected chi connectivity index (χ4v) is 3.94. The second kappa shape index (κ2) is 7.45. The monoisotopic (exact) mass is 365 g/mol. The molecule has 5 nitrogen and oxygen atoms in total. The van der Waals surface area contributed by atoms with Gasteiger partial charge in [-0.3, -0.25) is 4.79 Å². The average Bonchev–Trinajstić information content (AvgIpc) is 3.34. The lowest BCUT2D eigenvalue weighted by atomic mass is 9.82. The number of rotatable bonds is 5. The van der Waals surface area contributed by atoms with Crippen LogP contribution in [0.1, 0.15) is 30.0 Å². The van der Waals surface area contributed by atoms with Gasteiger partial charge < -0.3 is 19.2 Å². The summed E-state index contributed by atoms with van der Waals surface area (Å²) in [5, 5.41) is 4.58. The Balaban J connectivity index is 1.69. The number of carbonyl (C=O) groups excluding carboxylic acids is 1. The quantitative estimate of drug-likeness (QED) is 0.691. The van der Waals surface area contributed by atoms with Crippen molar-refractivity contribution in [1.29, 1.82) is 0 Å². The molecule has 1 aliphatic rings. The molecule has 0 aliphatic carbocycles. The number of methoxy groups -OCH3 is 1. The fraction of sp³-hybridized carbons (Fsp3) is 0.318. The maximum atomic E-state index is 12.8. The predicted molar refractivity (Wildman–Crippen MR) is 103 cm³/mol. The maximum Gasteiger partial charge on any atom is 0.311 e. The molecule has 1 saturated heterocycles. The van der Waals surface area contributed by atoms with Gasteiger partial charge in [0.05, 0.1) is 25.9 Å². The Hall–Kier alpha value is -2.79. The molecule has 2 aromatic carbocycles. The second-order valence-corrected chi connectivity index (χ2v) is 6.76. The zero-order valence-corrected chi connectivity index (χ0v) is 15.5. The molecule has 0 amide bonds. The van der Waals surface area contributed by atoms with Gasteiger partial charge in [-0.2, -0.15) is 0 Å². The van der Waals surface area contributed by atoms with Gasteiger partial charge in [-0.05, 0) is 42.3 Å². The summed E-state index contributed by atoms with van der Waals surface area (Å²) < 4.78 is 16.2. The highest BCUT2D eigenvalue weighted by molar-refractivity contribution is 5.79. The molecule has 3 atom stereocenters. The molecular weight excluding hydrogens is 342 g/mol. The van der Waals surface area contributed by atoms with Crippen molar-refractivity contribution >= 4 is 16.9 Å². The van der Waals surface area contributed by atoms with Crippen molar-refractivity contribution in [3.63, 3.8) is 0 Å². The van der Waals surface area contributed by atoms with Crippen molar-refractivity contribution in [3.8, 4) is 5.75 Å². The van der Waals surface area contributed by atoms with Crippen LogP contribution in [0.5, 0.6) is 5.75 Å². The number of carbonyl (C=O) groups is 1. The zero-order chi connectivity index (χ0) is 18.8. The van der Waals surface area contributed by atoms with E-state index in [1.165, 1.54) is 0 Å². The molecule has 140 valence electrons. The van der Waals surface area contributed by atoms with Crippen molar-refractivity contribution < 1.29 is 18.7 Å². The molecule has 1 aromatic heterocycles. The third-order valence-corrected chi connectivity index (χ3v) is 5.29. The minimum absolute atomic E-state index is 0.0191. The largest absolute Gasteiger partial charge is 0.497 e. The van der Waals surface area contributed by atoms with Crippen LogP contribution in [-0.2, 0) is 9.53 Å². The van der Waals surface area contributed by atoms with Crippen LogP contribution < -0.4 is 10.1 Å². The summed E-state index contributed by atoms with van der Waals surface area (Å²) in [6.45, 7) is 2.91. The smallest absolute Gasteiger partial charge is 0.311 e. The molecular formula is C22H23NO4. The lowest BCUT2D eigenvalue weighted by molar-refractivity contribution is -0.148. The highest BCUT2D eigenvalue weighted by Gasteiger charge is 2.43. The lowest BCUT2D eigenvalue weighted by Gasteiger charge is -2.23. The normalized spacial score (nSPS) is 22.1. The molecule has 1 N–H and O–H groups in total. The third-order valence-electron chi connectivity index (χ3n) is 5.29. The minimum Gasteiger partial charge on any atom is -0.497 e. The van der Waals surface area contributed by atoms with Gasteiger partial charge in [0.25, 0.3) is 0 Å². The molecule has 0 radical (unpaired) electrons. The van der Waals surface area contributed by atoms with E-state index in [1.54, 1.807) is 13.4 Å². The van der Waals surface area contributed by atoms with Crippen molar-refractivity contribution in [2.45, 2.75) is 18.9 Å². The molecule has 0 spiro atoms. The summed E-state index contributed by atoms with van der Waals surface area (Å²) in [7, 11) is 1.64. The average molecular weight is 365 g/mol. The Bertz CT molecular complexity index is 931. The van der Waals surface area contributed by atoms with E-state index in [2.05, 4.69) is 11.4 Å².